The van der Waals surface area contributed by atoms with Gasteiger partial charge in [0, 0.05) is 4.47 Å². The van der Waals surface area contributed by atoms with Gasteiger partial charge in [-0.15, -0.1) is 0 Å². The minimum atomic E-state index is -0.796. The number of fused-ring (bicyclic) bond motifs is 1. The van der Waals surface area contributed by atoms with E-state index in [0.717, 1.165) is 0 Å². The van der Waals surface area contributed by atoms with Gasteiger partial charge in [-0.3, -0.25) is 9.36 Å². The van der Waals surface area contributed by atoms with Crippen LogP contribution >= 0.6 is 27.3 Å². The summed E-state index contributed by atoms with van der Waals surface area (Å²) in [6.45, 7) is 3.62. The van der Waals surface area contributed by atoms with Gasteiger partial charge >= 0.3 is 5.97 Å². The lowest BCUT2D eigenvalue weighted by Crippen LogP contribution is -2.40. The van der Waals surface area contributed by atoms with Gasteiger partial charge < -0.3 is 24.1 Å². The number of hydrogen-bond donors (Lipinski definition) is 1. The molecule has 2 heterocycles. The maximum absolute atomic E-state index is 13.8. The van der Waals surface area contributed by atoms with Crippen molar-refractivity contribution in [1.29, 1.82) is 0 Å². The van der Waals surface area contributed by atoms with Crippen molar-refractivity contribution in [2.75, 3.05) is 27.9 Å². The van der Waals surface area contributed by atoms with Gasteiger partial charge in [0.2, 0.25) is 0 Å². The Hall–Kier alpha value is -3.57. The molecule has 0 unspecified atom stereocenters. The number of carbonyl (C=O) groups is 1. The first-order valence-corrected chi connectivity index (χ1v) is 12.8. The SMILES string of the molecule is CCOC(=O)C1=C(C)N=c2sc(=Cc3cc(OC)c(O)cc3Br)c(=O)n2[C@H]1c1ccc(OC)c(OC)c1. The zero-order chi connectivity index (χ0) is 26.9. The van der Waals surface area contributed by atoms with Gasteiger partial charge in [-0.25, -0.2) is 9.79 Å². The molecule has 3 aromatic rings. The zero-order valence-electron chi connectivity index (χ0n) is 20.8. The highest BCUT2D eigenvalue weighted by Gasteiger charge is 2.34. The first kappa shape index (κ1) is 26.5. The molecule has 0 bridgehead atoms. The van der Waals surface area contributed by atoms with E-state index < -0.39 is 12.0 Å². The van der Waals surface area contributed by atoms with E-state index in [1.807, 2.05) is 0 Å². The van der Waals surface area contributed by atoms with Crippen molar-refractivity contribution in [2.24, 2.45) is 4.99 Å². The highest BCUT2D eigenvalue weighted by Crippen LogP contribution is 2.36. The molecule has 194 valence electrons. The van der Waals surface area contributed by atoms with Crippen molar-refractivity contribution < 1.29 is 28.8 Å². The van der Waals surface area contributed by atoms with Gasteiger partial charge in [-0.2, -0.15) is 0 Å². The number of phenolic OH excluding ortho intramolecular Hbond substituents is 1. The number of aromatic nitrogens is 1. The number of hydrogen-bond acceptors (Lipinski definition) is 9. The largest absolute Gasteiger partial charge is 0.504 e. The molecule has 11 heteroatoms. The second-order valence-electron chi connectivity index (χ2n) is 7.96. The van der Waals surface area contributed by atoms with Crippen LogP contribution in [0.15, 0.2) is 55.9 Å². The predicted octanol–water partition coefficient (Wildman–Crippen LogP) is 3.29. The predicted molar refractivity (Wildman–Crippen MR) is 142 cm³/mol. The van der Waals surface area contributed by atoms with E-state index in [0.29, 0.717) is 42.1 Å². The Morgan fingerprint density at radius 1 is 1.14 bits per heavy atom. The van der Waals surface area contributed by atoms with Crippen molar-refractivity contribution in [3.05, 3.63) is 76.9 Å². The number of benzene rings is 2. The molecule has 0 spiro atoms. The first-order valence-electron chi connectivity index (χ1n) is 11.2. The number of halogens is 1. The molecule has 4 rings (SSSR count). The lowest BCUT2D eigenvalue weighted by Gasteiger charge is -2.25. The van der Waals surface area contributed by atoms with Crippen LogP contribution < -0.4 is 29.1 Å². The van der Waals surface area contributed by atoms with E-state index >= 15 is 0 Å². The summed E-state index contributed by atoms with van der Waals surface area (Å²) in [6.07, 6.45) is 1.69. The molecule has 1 atom stereocenters. The lowest BCUT2D eigenvalue weighted by molar-refractivity contribution is -0.139. The minimum Gasteiger partial charge on any atom is -0.504 e. The zero-order valence-corrected chi connectivity index (χ0v) is 23.2. The molecule has 1 aliphatic rings. The number of phenols is 1. The third-order valence-corrected chi connectivity index (χ3v) is 7.49. The normalized spacial score (nSPS) is 15.2. The van der Waals surface area contributed by atoms with Crippen LogP contribution in [0, 0.1) is 0 Å². The van der Waals surface area contributed by atoms with Crippen molar-refractivity contribution in [3.63, 3.8) is 0 Å². The maximum atomic E-state index is 13.8. The van der Waals surface area contributed by atoms with Crippen molar-refractivity contribution in [1.82, 2.24) is 4.57 Å². The second kappa shape index (κ2) is 10.8. The molecule has 1 aromatic heterocycles. The van der Waals surface area contributed by atoms with Crippen LogP contribution in [-0.4, -0.2) is 43.6 Å². The molecule has 0 saturated heterocycles. The number of thiazole rings is 1. The quantitative estimate of drug-likeness (QED) is 0.422. The van der Waals surface area contributed by atoms with Crippen LogP contribution in [0.1, 0.15) is 31.0 Å². The van der Waals surface area contributed by atoms with Gasteiger partial charge in [-0.1, -0.05) is 33.3 Å². The van der Waals surface area contributed by atoms with Gasteiger partial charge in [0.1, 0.15) is 0 Å². The fourth-order valence-electron chi connectivity index (χ4n) is 4.10. The topological polar surface area (TPSA) is 109 Å². The van der Waals surface area contributed by atoms with Gasteiger partial charge in [-0.05, 0) is 55.3 Å². The summed E-state index contributed by atoms with van der Waals surface area (Å²) in [7, 11) is 4.50. The monoisotopic (exact) mass is 588 g/mol. The van der Waals surface area contributed by atoms with E-state index in [9.17, 15) is 14.7 Å². The summed E-state index contributed by atoms with van der Waals surface area (Å²) in [5, 5.41) is 10.0. The molecule has 0 aliphatic carbocycles. The minimum absolute atomic E-state index is 0.0314. The summed E-state index contributed by atoms with van der Waals surface area (Å²) < 4.78 is 23.8. The lowest BCUT2D eigenvalue weighted by atomic mass is 9.95. The molecular weight excluding hydrogens is 564 g/mol. The number of rotatable bonds is 7. The Labute approximate surface area is 225 Å². The van der Waals surface area contributed by atoms with E-state index in [-0.39, 0.29) is 29.2 Å². The van der Waals surface area contributed by atoms with Gasteiger partial charge in [0.05, 0.1) is 49.8 Å². The van der Waals surface area contributed by atoms with E-state index in [1.165, 1.54) is 43.3 Å². The Bertz CT molecular complexity index is 1590. The molecule has 0 saturated carbocycles. The van der Waals surface area contributed by atoms with Crippen LogP contribution in [0.5, 0.6) is 23.0 Å². The molecule has 0 radical (unpaired) electrons. The summed E-state index contributed by atoms with van der Waals surface area (Å²) in [5.41, 5.74) is 1.65. The first-order chi connectivity index (χ1) is 17.7. The molecule has 1 aliphatic heterocycles. The number of ether oxygens (including phenoxy) is 4. The standard InChI is InChI=1S/C26H25BrN2O7S/c1-6-36-25(32)22-13(2)28-26-29(23(22)14-7-8-18(33-3)20(9-14)35-5)24(31)21(37-26)11-15-10-19(34-4)17(30)12-16(15)27/h7-12,23,30H,6H2,1-5H3/t23-/m0/s1. The number of allylic oxidation sites excluding steroid dienone is 1. The molecule has 2 aromatic carbocycles. The second-order valence-corrected chi connectivity index (χ2v) is 9.83. The fraction of sp³-hybridized carbons (Fsp3) is 0.269. The number of methoxy groups -OCH3 is 3. The Morgan fingerprint density at radius 2 is 1.84 bits per heavy atom. The average Bonchev–Trinajstić information content (AvgIpc) is 3.18. The van der Waals surface area contributed by atoms with Crippen LogP contribution in [0.3, 0.4) is 0 Å². The van der Waals surface area contributed by atoms with Crippen LogP contribution in [0.4, 0.5) is 0 Å². The Balaban J connectivity index is 1.98. The maximum Gasteiger partial charge on any atom is 0.338 e. The smallest absolute Gasteiger partial charge is 0.338 e. The summed E-state index contributed by atoms with van der Waals surface area (Å²) >= 11 is 4.62. The number of esters is 1. The Kier molecular flexibility index (Phi) is 7.74. The van der Waals surface area contributed by atoms with Gasteiger partial charge in [0.15, 0.2) is 27.8 Å². The van der Waals surface area contributed by atoms with Crippen LogP contribution in [-0.2, 0) is 9.53 Å². The van der Waals surface area contributed by atoms with Crippen LogP contribution in [0.25, 0.3) is 6.08 Å². The number of nitrogens with zero attached hydrogens (tertiary/aromatic N) is 2. The molecule has 0 fully saturated rings. The molecular formula is C26H25BrN2O7S. The van der Waals surface area contributed by atoms with Crippen molar-refractivity contribution >= 4 is 39.3 Å². The van der Waals surface area contributed by atoms with E-state index in [1.54, 1.807) is 44.2 Å². The van der Waals surface area contributed by atoms with Gasteiger partial charge in [0.25, 0.3) is 5.56 Å². The fourth-order valence-corrected chi connectivity index (χ4v) is 5.59. The molecule has 0 amide bonds. The highest BCUT2D eigenvalue weighted by molar-refractivity contribution is 9.10. The third kappa shape index (κ3) is 4.88. The summed E-state index contributed by atoms with van der Waals surface area (Å²) in [5.74, 6) is 0.661. The van der Waals surface area contributed by atoms with Crippen LogP contribution in [0.2, 0.25) is 0 Å². The van der Waals surface area contributed by atoms with E-state index in [4.69, 9.17) is 18.9 Å². The average molecular weight is 589 g/mol. The van der Waals surface area contributed by atoms with Crippen molar-refractivity contribution in [3.8, 4) is 23.0 Å². The highest BCUT2D eigenvalue weighted by atomic mass is 79.9. The summed E-state index contributed by atoms with van der Waals surface area (Å²) in [4.78, 5) is 31.9. The molecule has 9 nitrogen and oxygen atoms in total. The number of aromatic hydroxyl groups is 1. The van der Waals surface area contributed by atoms with Crippen molar-refractivity contribution in [2.45, 2.75) is 19.9 Å². The Morgan fingerprint density at radius 3 is 2.49 bits per heavy atom. The molecule has 37 heavy (non-hydrogen) atoms. The third-order valence-electron chi connectivity index (χ3n) is 5.83. The molecule has 1 N–H and O–H groups in total. The number of carbonyl (C=O) groups excluding carboxylic acids is 1. The van der Waals surface area contributed by atoms with E-state index in [2.05, 4.69) is 20.9 Å². The summed E-state index contributed by atoms with van der Waals surface area (Å²) in [6, 6.07) is 7.57.